The zero-order valence-electron chi connectivity index (χ0n) is 16.0. The molecule has 2 aromatic heterocycles. The van der Waals surface area contributed by atoms with E-state index in [0.29, 0.717) is 0 Å². The third-order valence-electron chi connectivity index (χ3n) is 4.66. The molecule has 3 rings (SSSR count). The van der Waals surface area contributed by atoms with Crippen LogP contribution in [0.3, 0.4) is 0 Å². The lowest BCUT2D eigenvalue weighted by Crippen LogP contribution is -2.28. The largest absolute Gasteiger partial charge is 0.368 e. The van der Waals surface area contributed by atoms with Gasteiger partial charge in [0.25, 0.3) is 0 Å². The highest BCUT2D eigenvalue weighted by Crippen LogP contribution is 2.29. The zero-order valence-corrected chi connectivity index (χ0v) is 16.8. The van der Waals surface area contributed by atoms with E-state index in [1.54, 1.807) is 11.3 Å². The van der Waals surface area contributed by atoms with Gasteiger partial charge in [0.1, 0.15) is 16.5 Å². The van der Waals surface area contributed by atoms with Crippen LogP contribution in [0.5, 0.6) is 0 Å². The molecule has 0 radical (unpaired) electrons. The normalized spacial score (nSPS) is 11.4. The molecule has 2 heterocycles. The van der Waals surface area contributed by atoms with Crippen molar-refractivity contribution in [1.82, 2.24) is 14.9 Å². The van der Waals surface area contributed by atoms with Crippen molar-refractivity contribution in [3.63, 3.8) is 0 Å². The lowest BCUT2D eigenvalue weighted by molar-refractivity contribution is 0.316. The standard InChI is InChI=1S/C21H28N4S/c1-4-17-15-18-20(22-12-13-25(5-2)6-3)23-19(24-21(18)26-17)14-16-10-8-7-9-11-16/h7-11,15H,4-6,12-14H2,1-3H3,(H,22,23,24). The average molecular weight is 369 g/mol. The minimum absolute atomic E-state index is 0.765. The highest BCUT2D eigenvalue weighted by molar-refractivity contribution is 7.18. The van der Waals surface area contributed by atoms with Crippen molar-refractivity contribution in [2.24, 2.45) is 0 Å². The SMILES string of the molecule is CCc1cc2c(NCCN(CC)CC)nc(Cc3ccccc3)nc2s1. The Bertz CT molecular complexity index is 825. The summed E-state index contributed by atoms with van der Waals surface area (Å²) >= 11 is 1.78. The molecule has 26 heavy (non-hydrogen) atoms. The van der Waals surface area contributed by atoms with Gasteiger partial charge in [0, 0.05) is 24.4 Å². The van der Waals surface area contributed by atoms with E-state index in [2.05, 4.69) is 61.3 Å². The Balaban J connectivity index is 1.85. The van der Waals surface area contributed by atoms with E-state index in [0.717, 1.165) is 60.9 Å². The lowest BCUT2D eigenvalue weighted by Gasteiger charge is -2.18. The first-order valence-electron chi connectivity index (χ1n) is 9.52. The molecule has 0 aliphatic carbocycles. The molecule has 0 aliphatic heterocycles. The smallest absolute Gasteiger partial charge is 0.138 e. The maximum Gasteiger partial charge on any atom is 0.138 e. The minimum Gasteiger partial charge on any atom is -0.368 e. The van der Waals surface area contributed by atoms with Crippen LogP contribution in [-0.2, 0) is 12.8 Å². The van der Waals surface area contributed by atoms with Crippen LogP contribution in [0, 0.1) is 0 Å². The van der Waals surface area contributed by atoms with Gasteiger partial charge in [0.2, 0.25) is 0 Å². The first-order valence-corrected chi connectivity index (χ1v) is 10.3. The molecule has 0 unspecified atom stereocenters. The van der Waals surface area contributed by atoms with Crippen LogP contribution in [0.2, 0.25) is 0 Å². The molecular weight excluding hydrogens is 340 g/mol. The van der Waals surface area contributed by atoms with Crippen molar-refractivity contribution in [2.45, 2.75) is 33.6 Å². The minimum atomic E-state index is 0.765. The van der Waals surface area contributed by atoms with E-state index in [1.165, 1.54) is 10.4 Å². The van der Waals surface area contributed by atoms with E-state index in [1.807, 2.05) is 6.07 Å². The van der Waals surface area contributed by atoms with Gasteiger partial charge in [-0.05, 0) is 31.1 Å². The number of aryl methyl sites for hydroxylation is 1. The number of likely N-dealkylation sites (N-methyl/N-ethyl adjacent to an activating group) is 1. The van der Waals surface area contributed by atoms with Crippen LogP contribution in [-0.4, -0.2) is 41.0 Å². The number of nitrogens with one attached hydrogen (secondary N) is 1. The molecule has 0 saturated carbocycles. The zero-order chi connectivity index (χ0) is 18.4. The van der Waals surface area contributed by atoms with Crippen molar-refractivity contribution in [2.75, 3.05) is 31.5 Å². The fraction of sp³-hybridized carbons (Fsp3) is 0.429. The Hall–Kier alpha value is -1.98. The number of hydrogen-bond acceptors (Lipinski definition) is 5. The topological polar surface area (TPSA) is 41.0 Å². The first-order chi connectivity index (χ1) is 12.7. The van der Waals surface area contributed by atoms with Gasteiger partial charge in [-0.1, -0.05) is 51.1 Å². The second-order valence-corrected chi connectivity index (χ2v) is 7.50. The number of anilines is 1. The van der Waals surface area contributed by atoms with Crippen molar-refractivity contribution in [3.8, 4) is 0 Å². The molecule has 0 amide bonds. The highest BCUT2D eigenvalue weighted by Gasteiger charge is 2.12. The van der Waals surface area contributed by atoms with E-state index < -0.39 is 0 Å². The van der Waals surface area contributed by atoms with Gasteiger partial charge in [-0.2, -0.15) is 0 Å². The third-order valence-corrected chi connectivity index (χ3v) is 5.83. The van der Waals surface area contributed by atoms with Gasteiger partial charge in [-0.15, -0.1) is 11.3 Å². The van der Waals surface area contributed by atoms with Crippen LogP contribution in [0.15, 0.2) is 36.4 Å². The molecule has 5 heteroatoms. The Morgan fingerprint density at radius 1 is 1.04 bits per heavy atom. The molecule has 3 aromatic rings. The van der Waals surface area contributed by atoms with Crippen LogP contribution in [0.1, 0.15) is 37.0 Å². The summed E-state index contributed by atoms with van der Waals surface area (Å²) in [5.74, 6) is 1.86. The molecule has 0 aliphatic rings. The number of thiophene rings is 1. The monoisotopic (exact) mass is 368 g/mol. The van der Waals surface area contributed by atoms with Crippen LogP contribution < -0.4 is 5.32 Å². The number of hydrogen-bond donors (Lipinski definition) is 1. The quantitative estimate of drug-likeness (QED) is 0.599. The first kappa shape index (κ1) is 18.8. The van der Waals surface area contributed by atoms with Crippen LogP contribution in [0.4, 0.5) is 5.82 Å². The van der Waals surface area contributed by atoms with Gasteiger partial charge in [0.15, 0.2) is 0 Å². The molecule has 1 aromatic carbocycles. The number of aromatic nitrogens is 2. The van der Waals surface area contributed by atoms with Crippen LogP contribution in [0.25, 0.3) is 10.2 Å². The maximum absolute atomic E-state index is 4.86. The van der Waals surface area contributed by atoms with E-state index in [-0.39, 0.29) is 0 Å². The molecule has 0 saturated heterocycles. The van der Waals surface area contributed by atoms with Gasteiger partial charge < -0.3 is 10.2 Å². The van der Waals surface area contributed by atoms with Gasteiger partial charge in [-0.25, -0.2) is 9.97 Å². The Morgan fingerprint density at radius 2 is 1.81 bits per heavy atom. The Kier molecular flexibility index (Phi) is 6.58. The van der Waals surface area contributed by atoms with Crippen molar-refractivity contribution in [1.29, 1.82) is 0 Å². The summed E-state index contributed by atoms with van der Waals surface area (Å²) in [6.07, 6.45) is 1.80. The molecule has 0 atom stereocenters. The summed E-state index contributed by atoms with van der Waals surface area (Å²) in [6, 6.07) is 12.7. The summed E-state index contributed by atoms with van der Waals surface area (Å²) in [4.78, 5) is 14.6. The predicted octanol–water partition coefficient (Wildman–Crippen LogP) is 4.60. The fourth-order valence-corrected chi connectivity index (χ4v) is 4.04. The third kappa shape index (κ3) is 4.59. The highest BCUT2D eigenvalue weighted by atomic mass is 32.1. The fourth-order valence-electron chi connectivity index (χ4n) is 3.05. The summed E-state index contributed by atoms with van der Waals surface area (Å²) < 4.78 is 0. The molecule has 0 fully saturated rings. The summed E-state index contributed by atoms with van der Waals surface area (Å²) in [7, 11) is 0. The van der Waals surface area contributed by atoms with Crippen molar-refractivity contribution in [3.05, 3.63) is 52.7 Å². The second kappa shape index (κ2) is 9.10. The Labute approximate surface area is 160 Å². The summed E-state index contributed by atoms with van der Waals surface area (Å²) in [5.41, 5.74) is 1.24. The number of benzene rings is 1. The molecular formula is C21H28N4S. The van der Waals surface area contributed by atoms with Crippen LogP contribution >= 0.6 is 11.3 Å². The summed E-state index contributed by atoms with van der Waals surface area (Å²) in [6.45, 7) is 10.7. The van der Waals surface area contributed by atoms with Crippen molar-refractivity contribution >= 4 is 27.4 Å². The van der Waals surface area contributed by atoms with Gasteiger partial charge in [0.05, 0.1) is 5.39 Å². The van der Waals surface area contributed by atoms with Gasteiger partial charge >= 0.3 is 0 Å². The molecule has 1 N–H and O–H groups in total. The van der Waals surface area contributed by atoms with Gasteiger partial charge in [-0.3, -0.25) is 0 Å². The van der Waals surface area contributed by atoms with E-state index in [4.69, 9.17) is 9.97 Å². The average Bonchev–Trinajstić information content (AvgIpc) is 3.09. The predicted molar refractivity (Wildman–Crippen MR) is 112 cm³/mol. The Morgan fingerprint density at radius 3 is 2.50 bits per heavy atom. The number of fused-ring (bicyclic) bond motifs is 1. The number of rotatable bonds is 9. The second-order valence-electron chi connectivity index (χ2n) is 6.39. The van der Waals surface area contributed by atoms with Crippen molar-refractivity contribution < 1.29 is 0 Å². The molecule has 0 spiro atoms. The molecule has 4 nitrogen and oxygen atoms in total. The van der Waals surface area contributed by atoms with E-state index >= 15 is 0 Å². The molecule has 138 valence electrons. The lowest BCUT2D eigenvalue weighted by atomic mass is 10.1. The maximum atomic E-state index is 4.86. The number of nitrogens with zero attached hydrogens (tertiary/aromatic N) is 3. The van der Waals surface area contributed by atoms with E-state index in [9.17, 15) is 0 Å². The molecule has 0 bridgehead atoms. The summed E-state index contributed by atoms with van der Waals surface area (Å²) in [5, 5.41) is 4.72.